The van der Waals surface area contributed by atoms with Crippen molar-refractivity contribution in [1.29, 1.82) is 0 Å². The molecule has 0 saturated carbocycles. The van der Waals surface area contributed by atoms with E-state index in [-0.39, 0.29) is 0 Å². The molecule has 1 aromatic rings. The number of nitrogens with zero attached hydrogens (tertiary/aromatic N) is 3. The molecule has 0 aromatic carbocycles. The van der Waals surface area contributed by atoms with Crippen LogP contribution in [0.3, 0.4) is 0 Å². The van der Waals surface area contributed by atoms with Crippen molar-refractivity contribution in [3.63, 3.8) is 0 Å². The lowest BCUT2D eigenvalue weighted by molar-refractivity contribution is 0.421. The minimum absolute atomic E-state index is 0.598. The van der Waals surface area contributed by atoms with Gasteiger partial charge in [0.25, 0.3) is 0 Å². The van der Waals surface area contributed by atoms with Crippen molar-refractivity contribution in [2.24, 2.45) is 11.7 Å². The molecular weight excluding hydrogens is 226 g/mol. The number of anilines is 2. The molecule has 5 nitrogen and oxygen atoms in total. The largest absolute Gasteiger partial charge is 0.370 e. The van der Waals surface area contributed by atoms with Crippen LogP contribution in [-0.4, -0.2) is 36.1 Å². The fourth-order valence-electron chi connectivity index (χ4n) is 2.34. The summed E-state index contributed by atoms with van der Waals surface area (Å²) < 4.78 is 0. The third-order valence-corrected chi connectivity index (χ3v) is 3.39. The average molecular weight is 249 g/mol. The van der Waals surface area contributed by atoms with Crippen molar-refractivity contribution in [1.82, 2.24) is 9.97 Å². The van der Waals surface area contributed by atoms with Crippen LogP contribution in [0.15, 0.2) is 12.4 Å². The first kappa shape index (κ1) is 13.1. The molecule has 2 heterocycles. The van der Waals surface area contributed by atoms with E-state index >= 15 is 0 Å². The van der Waals surface area contributed by atoms with Gasteiger partial charge in [-0.25, -0.2) is 9.97 Å². The van der Waals surface area contributed by atoms with Gasteiger partial charge in [-0.05, 0) is 31.7 Å². The summed E-state index contributed by atoms with van der Waals surface area (Å²) in [7, 11) is 0. The molecule has 0 radical (unpaired) electrons. The fraction of sp³-hybridized carbons (Fsp3) is 0.692. The highest BCUT2D eigenvalue weighted by molar-refractivity contribution is 5.48. The van der Waals surface area contributed by atoms with Crippen molar-refractivity contribution < 1.29 is 0 Å². The lowest BCUT2D eigenvalue weighted by Crippen LogP contribution is -2.38. The van der Waals surface area contributed by atoms with Crippen LogP contribution in [0.4, 0.5) is 11.6 Å². The zero-order chi connectivity index (χ0) is 12.8. The molecule has 0 spiro atoms. The van der Waals surface area contributed by atoms with Crippen LogP contribution < -0.4 is 16.0 Å². The van der Waals surface area contributed by atoms with Gasteiger partial charge in [0.15, 0.2) is 0 Å². The van der Waals surface area contributed by atoms with Gasteiger partial charge < -0.3 is 16.0 Å². The summed E-state index contributed by atoms with van der Waals surface area (Å²) in [4.78, 5) is 10.9. The number of hydrogen-bond acceptors (Lipinski definition) is 5. The van der Waals surface area contributed by atoms with Crippen molar-refractivity contribution in [3.05, 3.63) is 12.4 Å². The van der Waals surface area contributed by atoms with Gasteiger partial charge in [-0.3, -0.25) is 0 Å². The van der Waals surface area contributed by atoms with Crippen molar-refractivity contribution in [3.8, 4) is 0 Å². The molecule has 1 atom stereocenters. The highest BCUT2D eigenvalue weighted by Gasteiger charge is 2.19. The number of nitrogens with two attached hydrogens (primary N) is 1. The maximum Gasteiger partial charge on any atom is 0.134 e. The minimum Gasteiger partial charge on any atom is -0.370 e. The first-order chi connectivity index (χ1) is 8.83. The molecule has 1 saturated heterocycles. The molecule has 3 N–H and O–H groups in total. The number of piperidine rings is 1. The van der Waals surface area contributed by atoms with Gasteiger partial charge in [-0.15, -0.1) is 0 Å². The van der Waals surface area contributed by atoms with Crippen molar-refractivity contribution >= 4 is 11.6 Å². The highest BCUT2D eigenvalue weighted by Crippen LogP contribution is 2.22. The Morgan fingerprint density at radius 1 is 1.50 bits per heavy atom. The Morgan fingerprint density at radius 2 is 2.39 bits per heavy atom. The number of nitrogens with one attached hydrogen (secondary N) is 1. The fourth-order valence-corrected chi connectivity index (χ4v) is 2.34. The summed E-state index contributed by atoms with van der Waals surface area (Å²) >= 11 is 0. The van der Waals surface area contributed by atoms with E-state index in [1.165, 1.54) is 12.8 Å². The summed E-state index contributed by atoms with van der Waals surface area (Å²) in [5.41, 5.74) is 5.77. The van der Waals surface area contributed by atoms with Gasteiger partial charge in [-0.2, -0.15) is 0 Å². The molecule has 0 bridgehead atoms. The Bertz CT molecular complexity index is 368. The first-order valence-corrected chi connectivity index (χ1v) is 6.84. The predicted molar refractivity (Wildman–Crippen MR) is 74.8 cm³/mol. The molecule has 1 fully saturated rings. The molecule has 1 aliphatic rings. The number of rotatable bonds is 5. The number of hydrogen-bond donors (Lipinski definition) is 2. The molecule has 0 aliphatic carbocycles. The van der Waals surface area contributed by atoms with Crippen LogP contribution >= 0.6 is 0 Å². The highest BCUT2D eigenvalue weighted by atomic mass is 15.2. The molecule has 5 heteroatoms. The first-order valence-electron chi connectivity index (χ1n) is 6.84. The van der Waals surface area contributed by atoms with E-state index in [2.05, 4.69) is 27.1 Å². The summed E-state index contributed by atoms with van der Waals surface area (Å²) in [6, 6.07) is 2.04. The molecule has 100 valence electrons. The number of aromatic nitrogens is 2. The average Bonchev–Trinajstić information content (AvgIpc) is 2.45. The van der Waals surface area contributed by atoms with E-state index in [0.717, 1.165) is 44.2 Å². The lowest BCUT2D eigenvalue weighted by atomic mass is 9.98. The van der Waals surface area contributed by atoms with Gasteiger partial charge >= 0.3 is 0 Å². The van der Waals surface area contributed by atoms with Gasteiger partial charge in [0, 0.05) is 25.7 Å². The van der Waals surface area contributed by atoms with E-state index in [1.54, 1.807) is 6.33 Å². The minimum atomic E-state index is 0.598. The van der Waals surface area contributed by atoms with Crippen LogP contribution in [-0.2, 0) is 0 Å². The van der Waals surface area contributed by atoms with Crippen LogP contribution in [0.25, 0.3) is 0 Å². The van der Waals surface area contributed by atoms with Gasteiger partial charge in [0.2, 0.25) is 0 Å². The van der Waals surface area contributed by atoms with E-state index in [1.807, 2.05) is 6.07 Å². The Labute approximate surface area is 109 Å². The van der Waals surface area contributed by atoms with E-state index in [0.29, 0.717) is 5.92 Å². The van der Waals surface area contributed by atoms with Gasteiger partial charge in [0.05, 0.1) is 0 Å². The Balaban J connectivity index is 2.02. The second-order valence-electron chi connectivity index (χ2n) is 4.88. The van der Waals surface area contributed by atoms with E-state index in [4.69, 9.17) is 5.73 Å². The van der Waals surface area contributed by atoms with Crippen LogP contribution in [0, 0.1) is 5.92 Å². The zero-order valence-electron chi connectivity index (χ0n) is 11.1. The third-order valence-electron chi connectivity index (χ3n) is 3.39. The second kappa shape index (κ2) is 6.54. The van der Waals surface area contributed by atoms with E-state index < -0.39 is 0 Å². The standard InChI is InChI=1S/C13H23N5/c1-2-5-15-12-7-13(17-10-16-12)18-6-3-4-11(8-14)9-18/h7,10-11H,2-6,8-9,14H2,1H3,(H,15,16,17). The van der Waals surface area contributed by atoms with Gasteiger partial charge in [0.1, 0.15) is 18.0 Å². The summed E-state index contributed by atoms with van der Waals surface area (Å²) in [6.07, 6.45) is 5.17. The molecule has 1 unspecified atom stereocenters. The zero-order valence-corrected chi connectivity index (χ0v) is 11.1. The normalized spacial score (nSPS) is 19.9. The second-order valence-corrected chi connectivity index (χ2v) is 4.88. The maximum absolute atomic E-state index is 5.77. The van der Waals surface area contributed by atoms with Crippen LogP contribution in [0.5, 0.6) is 0 Å². The molecule has 2 rings (SSSR count). The van der Waals surface area contributed by atoms with Crippen LogP contribution in [0.1, 0.15) is 26.2 Å². The summed E-state index contributed by atoms with van der Waals surface area (Å²) in [6.45, 7) is 5.94. The van der Waals surface area contributed by atoms with Crippen molar-refractivity contribution in [2.75, 3.05) is 36.4 Å². The summed E-state index contributed by atoms with van der Waals surface area (Å²) in [5.74, 6) is 2.53. The predicted octanol–water partition coefficient (Wildman–Crippen LogP) is 1.47. The maximum atomic E-state index is 5.77. The quantitative estimate of drug-likeness (QED) is 0.827. The molecule has 1 aromatic heterocycles. The SMILES string of the molecule is CCCNc1cc(N2CCCC(CN)C2)ncn1. The lowest BCUT2D eigenvalue weighted by Gasteiger charge is -2.33. The third kappa shape index (κ3) is 3.32. The van der Waals surface area contributed by atoms with Crippen LogP contribution in [0.2, 0.25) is 0 Å². The van der Waals surface area contributed by atoms with Gasteiger partial charge in [-0.1, -0.05) is 6.92 Å². The molecule has 0 amide bonds. The molecule has 18 heavy (non-hydrogen) atoms. The van der Waals surface area contributed by atoms with E-state index in [9.17, 15) is 0 Å². The molecular formula is C13H23N5. The Morgan fingerprint density at radius 3 is 3.17 bits per heavy atom. The topological polar surface area (TPSA) is 67.1 Å². The smallest absolute Gasteiger partial charge is 0.134 e. The summed E-state index contributed by atoms with van der Waals surface area (Å²) in [5, 5.41) is 3.30. The molecule has 1 aliphatic heterocycles. The Kier molecular flexibility index (Phi) is 4.75. The Hall–Kier alpha value is -1.36. The monoisotopic (exact) mass is 249 g/mol. The van der Waals surface area contributed by atoms with Crippen molar-refractivity contribution in [2.45, 2.75) is 26.2 Å².